The van der Waals surface area contributed by atoms with Crippen LogP contribution >= 0.6 is 0 Å². The summed E-state index contributed by atoms with van der Waals surface area (Å²) in [5, 5.41) is 26.2. The molecular weight excluding hydrogens is 478 g/mol. The quantitative estimate of drug-likeness (QED) is 0.478. The molecule has 3 N–H and O–H groups in total. The Bertz CT molecular complexity index is 1330. The van der Waals surface area contributed by atoms with Crippen molar-refractivity contribution in [2.24, 2.45) is 0 Å². The lowest BCUT2D eigenvalue weighted by atomic mass is 9.68. The largest absolute Gasteiger partial charge is 0.497 e. The molecule has 2 amide bonds. The van der Waals surface area contributed by atoms with Gasteiger partial charge in [-0.05, 0) is 42.7 Å². The number of rotatable bonds is 5. The van der Waals surface area contributed by atoms with Crippen molar-refractivity contribution in [3.63, 3.8) is 0 Å². The number of amides is 2. The minimum Gasteiger partial charge on any atom is -0.497 e. The highest BCUT2D eigenvalue weighted by Gasteiger charge is 2.49. The van der Waals surface area contributed by atoms with Crippen molar-refractivity contribution in [3.05, 3.63) is 48.2 Å². The molecule has 0 unspecified atom stereocenters. The molecule has 2 aliphatic rings. The SMILES string of the molecule is COc1ccc(C2(C(=O)N3C[C@@H](O)C[C@@H]3C(=O)Nc3ccc4c(cnn4C(=O)O)n3)CCCCC2)cc1. The second kappa shape index (κ2) is 9.81. The van der Waals surface area contributed by atoms with Crippen LogP contribution in [0.2, 0.25) is 0 Å². The molecule has 2 aromatic heterocycles. The van der Waals surface area contributed by atoms with E-state index in [9.17, 15) is 24.6 Å². The zero-order valence-corrected chi connectivity index (χ0v) is 20.5. The van der Waals surface area contributed by atoms with Crippen molar-refractivity contribution < 1.29 is 29.3 Å². The summed E-state index contributed by atoms with van der Waals surface area (Å²) >= 11 is 0. The Morgan fingerprint density at radius 3 is 2.49 bits per heavy atom. The number of ether oxygens (including phenoxy) is 1. The molecule has 2 atom stereocenters. The first kappa shape index (κ1) is 24.7. The highest BCUT2D eigenvalue weighted by atomic mass is 16.5. The summed E-state index contributed by atoms with van der Waals surface area (Å²) in [7, 11) is 1.59. The molecule has 1 aliphatic heterocycles. The van der Waals surface area contributed by atoms with E-state index in [0.29, 0.717) is 24.1 Å². The molecule has 194 valence electrons. The average molecular weight is 508 g/mol. The molecule has 11 nitrogen and oxygen atoms in total. The summed E-state index contributed by atoms with van der Waals surface area (Å²) in [6.07, 6.45) is 3.56. The molecule has 11 heteroatoms. The number of aliphatic hydroxyl groups is 1. The lowest BCUT2D eigenvalue weighted by Gasteiger charge is -2.40. The number of pyridine rings is 1. The lowest BCUT2D eigenvalue weighted by molar-refractivity contribution is -0.143. The number of carbonyl (C=O) groups is 3. The fourth-order valence-corrected chi connectivity index (χ4v) is 5.60. The molecule has 0 spiro atoms. The summed E-state index contributed by atoms with van der Waals surface area (Å²) in [6, 6.07) is 9.65. The van der Waals surface area contributed by atoms with Gasteiger partial charge in [0.05, 0.1) is 30.3 Å². The third-order valence-corrected chi connectivity index (χ3v) is 7.46. The number of β-amino-alcohol motifs (C(OH)–C–C–N with tert-alkyl or cyclic N) is 1. The second-order valence-corrected chi connectivity index (χ2v) is 9.66. The number of fused-ring (bicyclic) bond motifs is 1. The molecule has 1 aromatic carbocycles. The monoisotopic (exact) mass is 507 g/mol. The van der Waals surface area contributed by atoms with E-state index < -0.39 is 29.6 Å². The van der Waals surface area contributed by atoms with Crippen molar-refractivity contribution in [2.45, 2.75) is 56.1 Å². The number of nitrogens with zero attached hydrogens (tertiary/aromatic N) is 4. The number of nitrogens with one attached hydrogen (secondary N) is 1. The molecule has 1 saturated carbocycles. The number of hydrogen-bond donors (Lipinski definition) is 3. The van der Waals surface area contributed by atoms with E-state index in [0.717, 1.165) is 29.5 Å². The summed E-state index contributed by atoms with van der Waals surface area (Å²) in [5.41, 5.74) is 0.717. The molecular formula is C26H29N5O6. The first-order valence-electron chi connectivity index (χ1n) is 12.3. The van der Waals surface area contributed by atoms with Crippen molar-refractivity contribution in [1.82, 2.24) is 19.7 Å². The van der Waals surface area contributed by atoms with Gasteiger partial charge in [0.2, 0.25) is 11.8 Å². The van der Waals surface area contributed by atoms with Crippen molar-refractivity contribution >= 4 is 34.8 Å². The molecule has 0 radical (unpaired) electrons. The number of likely N-dealkylation sites (tertiary alicyclic amines) is 1. The van der Waals surface area contributed by atoms with Gasteiger partial charge in [-0.15, -0.1) is 0 Å². The highest BCUT2D eigenvalue weighted by molar-refractivity contribution is 5.99. The van der Waals surface area contributed by atoms with Gasteiger partial charge < -0.3 is 25.2 Å². The molecule has 3 aromatic rings. The average Bonchev–Trinajstić information content (AvgIpc) is 3.52. The van der Waals surface area contributed by atoms with E-state index in [4.69, 9.17) is 4.74 Å². The van der Waals surface area contributed by atoms with E-state index >= 15 is 0 Å². The number of carboxylic acid groups (broad SMARTS) is 1. The van der Waals surface area contributed by atoms with Gasteiger partial charge in [-0.3, -0.25) is 9.59 Å². The second-order valence-electron chi connectivity index (χ2n) is 9.66. The first-order chi connectivity index (χ1) is 17.8. The molecule has 0 bridgehead atoms. The Kier molecular flexibility index (Phi) is 6.55. The Hall–Kier alpha value is -3.99. The predicted molar refractivity (Wildman–Crippen MR) is 133 cm³/mol. The zero-order chi connectivity index (χ0) is 26.2. The third-order valence-electron chi connectivity index (χ3n) is 7.46. The molecule has 2 fully saturated rings. The fraction of sp³-hybridized carbons (Fsp3) is 0.423. The van der Waals surface area contributed by atoms with Crippen LogP contribution in [0.15, 0.2) is 42.6 Å². The van der Waals surface area contributed by atoms with E-state index in [1.54, 1.807) is 7.11 Å². The molecule has 1 aliphatic carbocycles. The van der Waals surface area contributed by atoms with Crippen molar-refractivity contribution in [1.29, 1.82) is 0 Å². The van der Waals surface area contributed by atoms with Crippen molar-refractivity contribution in [3.8, 4) is 5.75 Å². The van der Waals surface area contributed by atoms with Crippen LogP contribution in [0.25, 0.3) is 11.0 Å². The lowest BCUT2D eigenvalue weighted by Crippen LogP contribution is -2.52. The van der Waals surface area contributed by atoms with Gasteiger partial charge in [-0.2, -0.15) is 9.78 Å². The fourth-order valence-electron chi connectivity index (χ4n) is 5.60. The standard InChI is InChI=1S/C26H29N5O6/c1-37-18-7-5-16(6-8-18)26(11-3-2-4-12-26)24(34)30-15-17(32)13-21(30)23(33)29-22-10-9-20-19(28-22)14-27-31(20)25(35)36/h5-10,14,17,21,32H,2-4,11-13,15H2,1H3,(H,35,36)(H,28,29,33)/t17-,21+/m0/s1. The highest BCUT2D eigenvalue weighted by Crippen LogP contribution is 2.43. The molecule has 5 rings (SSSR count). The smallest absolute Gasteiger partial charge is 0.432 e. The molecule has 37 heavy (non-hydrogen) atoms. The predicted octanol–water partition coefficient (Wildman–Crippen LogP) is 2.77. The van der Waals surface area contributed by atoms with Crippen LogP contribution in [0.1, 0.15) is 44.1 Å². The molecule has 1 saturated heterocycles. The van der Waals surface area contributed by atoms with Crippen LogP contribution in [0.5, 0.6) is 5.75 Å². The number of anilines is 1. The minimum absolute atomic E-state index is 0.0761. The first-order valence-corrected chi connectivity index (χ1v) is 12.3. The Balaban J connectivity index is 1.40. The van der Waals surface area contributed by atoms with Gasteiger partial charge >= 0.3 is 6.09 Å². The number of aromatic nitrogens is 3. The van der Waals surface area contributed by atoms with Gasteiger partial charge in [-0.1, -0.05) is 31.4 Å². The maximum absolute atomic E-state index is 14.2. The summed E-state index contributed by atoms with van der Waals surface area (Å²) in [4.78, 5) is 44.6. The summed E-state index contributed by atoms with van der Waals surface area (Å²) in [6.45, 7) is 0.0761. The van der Waals surface area contributed by atoms with Gasteiger partial charge in [0, 0.05) is 13.0 Å². The summed E-state index contributed by atoms with van der Waals surface area (Å²) < 4.78 is 6.08. The minimum atomic E-state index is -1.24. The van der Waals surface area contributed by atoms with Crippen LogP contribution in [-0.4, -0.2) is 73.6 Å². The van der Waals surface area contributed by atoms with E-state index in [1.165, 1.54) is 23.2 Å². The van der Waals surface area contributed by atoms with Gasteiger partial charge in [0.1, 0.15) is 23.1 Å². The number of methoxy groups -OCH3 is 1. The number of aliphatic hydroxyl groups excluding tert-OH is 1. The van der Waals surface area contributed by atoms with Crippen LogP contribution < -0.4 is 10.1 Å². The van der Waals surface area contributed by atoms with Gasteiger partial charge in [-0.25, -0.2) is 9.78 Å². The topological polar surface area (TPSA) is 147 Å². The van der Waals surface area contributed by atoms with E-state index in [1.807, 2.05) is 24.3 Å². The Morgan fingerprint density at radius 1 is 1.08 bits per heavy atom. The van der Waals surface area contributed by atoms with E-state index in [-0.39, 0.29) is 30.2 Å². The Labute approximate surface area is 213 Å². The zero-order valence-electron chi connectivity index (χ0n) is 20.5. The molecule has 3 heterocycles. The maximum atomic E-state index is 14.2. The van der Waals surface area contributed by atoms with Gasteiger partial charge in [0.15, 0.2) is 0 Å². The maximum Gasteiger partial charge on any atom is 0.432 e. The van der Waals surface area contributed by atoms with Crippen LogP contribution in [-0.2, 0) is 15.0 Å². The van der Waals surface area contributed by atoms with Crippen LogP contribution in [0, 0.1) is 0 Å². The van der Waals surface area contributed by atoms with E-state index in [2.05, 4.69) is 15.4 Å². The third kappa shape index (κ3) is 4.50. The van der Waals surface area contributed by atoms with Crippen LogP contribution in [0.3, 0.4) is 0 Å². The van der Waals surface area contributed by atoms with Crippen molar-refractivity contribution in [2.75, 3.05) is 19.0 Å². The number of benzene rings is 1. The summed E-state index contributed by atoms with van der Waals surface area (Å²) in [5.74, 6) is 0.302. The van der Waals surface area contributed by atoms with Crippen LogP contribution in [0.4, 0.5) is 10.6 Å². The Morgan fingerprint density at radius 2 is 1.81 bits per heavy atom. The van der Waals surface area contributed by atoms with Gasteiger partial charge in [0.25, 0.3) is 0 Å². The number of hydrogen-bond acceptors (Lipinski definition) is 7. The normalized spacial score (nSPS) is 21.1. The number of carbonyl (C=O) groups excluding carboxylic acids is 2.